The van der Waals surface area contributed by atoms with Crippen LogP contribution in [0.5, 0.6) is 0 Å². The zero-order chi connectivity index (χ0) is 40.5. The van der Waals surface area contributed by atoms with Gasteiger partial charge < -0.3 is 40.5 Å². The normalized spacial score (nSPS) is 17.8. The lowest BCUT2D eigenvalue weighted by atomic mass is 9.85. The minimum absolute atomic E-state index is 0.0912. The number of nitrogens with one attached hydrogen (secondary N) is 4. The van der Waals surface area contributed by atoms with Crippen LogP contribution in [0.25, 0.3) is 0 Å². The quantitative estimate of drug-likeness (QED) is 0.207. The van der Waals surface area contributed by atoms with Crippen LogP contribution in [0.3, 0.4) is 0 Å². The van der Waals surface area contributed by atoms with Gasteiger partial charge in [0.2, 0.25) is 29.4 Å². The molecule has 2 rings (SSSR count). The van der Waals surface area contributed by atoms with Gasteiger partial charge in [-0.25, -0.2) is 4.79 Å². The van der Waals surface area contributed by atoms with Crippen molar-refractivity contribution in [3.8, 4) is 0 Å². The Kier molecular flexibility index (Phi) is 15.6. The lowest BCUT2D eigenvalue weighted by Gasteiger charge is -2.37. The number of carbonyl (C=O) groups is 7. The molecule has 296 valence electrons. The largest absolute Gasteiger partial charge is 0.444 e. The lowest BCUT2D eigenvalue weighted by Crippen LogP contribution is -2.61. The Morgan fingerprint density at radius 3 is 1.98 bits per heavy atom. The van der Waals surface area contributed by atoms with Crippen molar-refractivity contribution in [3.63, 3.8) is 0 Å². The van der Waals surface area contributed by atoms with E-state index in [-0.39, 0.29) is 18.9 Å². The second-order valence-corrected chi connectivity index (χ2v) is 16.5. The second kappa shape index (κ2) is 18.5. The van der Waals surface area contributed by atoms with Crippen molar-refractivity contribution in [3.05, 3.63) is 35.9 Å². The summed E-state index contributed by atoms with van der Waals surface area (Å²) in [5.74, 6) is -4.43. The van der Waals surface area contributed by atoms with E-state index in [2.05, 4.69) is 21.3 Å². The van der Waals surface area contributed by atoms with Crippen LogP contribution in [0.15, 0.2) is 30.3 Å². The van der Waals surface area contributed by atoms with Gasteiger partial charge in [0.05, 0.1) is 24.3 Å². The van der Waals surface area contributed by atoms with E-state index in [1.165, 1.54) is 9.80 Å². The molecule has 1 aromatic carbocycles. The lowest BCUT2D eigenvalue weighted by molar-refractivity contribution is -0.149. The molecule has 0 saturated carbocycles. The van der Waals surface area contributed by atoms with Crippen molar-refractivity contribution in [2.24, 2.45) is 5.41 Å². The van der Waals surface area contributed by atoms with E-state index in [9.17, 15) is 33.6 Å². The molecule has 1 aliphatic rings. The Bertz CT molecular complexity index is 1480. The summed E-state index contributed by atoms with van der Waals surface area (Å²) in [6.45, 7) is 17.2. The van der Waals surface area contributed by atoms with Crippen LogP contribution >= 0.6 is 0 Å². The first-order valence-corrected chi connectivity index (χ1v) is 18.0. The molecule has 15 nitrogen and oxygen atoms in total. The van der Waals surface area contributed by atoms with Crippen molar-refractivity contribution in [1.82, 2.24) is 31.1 Å². The number of amides is 6. The highest BCUT2D eigenvalue weighted by molar-refractivity contribution is 6.38. The molecule has 1 aliphatic heterocycles. The number of nitrogens with zero attached hydrogens (tertiary/aromatic N) is 2. The van der Waals surface area contributed by atoms with Crippen LogP contribution in [-0.4, -0.2) is 114 Å². The van der Waals surface area contributed by atoms with Gasteiger partial charge >= 0.3 is 6.09 Å². The fourth-order valence-electron chi connectivity index (χ4n) is 5.76. The third-order valence-electron chi connectivity index (χ3n) is 8.14. The Morgan fingerprint density at radius 1 is 0.868 bits per heavy atom. The predicted molar refractivity (Wildman–Crippen MR) is 198 cm³/mol. The molecule has 4 N–H and O–H groups in total. The Labute approximate surface area is 313 Å². The number of hydrogen-bond donors (Lipinski definition) is 4. The maximum Gasteiger partial charge on any atom is 0.408 e. The summed E-state index contributed by atoms with van der Waals surface area (Å²) in [4.78, 5) is 96.0. The van der Waals surface area contributed by atoms with Gasteiger partial charge in [0.1, 0.15) is 23.7 Å². The fraction of sp³-hybridized carbons (Fsp3) is 0.658. The number of likely N-dealkylation sites (N-methyl/N-ethyl adjacent to an activating group) is 1. The van der Waals surface area contributed by atoms with Crippen LogP contribution in [-0.2, 0) is 38.2 Å². The number of Topliss-reactive ketones (excluding diaryl/α,β-unsaturated/α-hetero) is 1. The fourth-order valence-corrected chi connectivity index (χ4v) is 5.76. The Hall–Kier alpha value is -4.53. The van der Waals surface area contributed by atoms with Crippen molar-refractivity contribution >= 4 is 41.4 Å². The number of rotatable bonds is 14. The van der Waals surface area contributed by atoms with Crippen molar-refractivity contribution in [2.45, 2.75) is 130 Å². The number of likely N-dealkylation sites (tertiary alicyclic amines) is 1. The van der Waals surface area contributed by atoms with Crippen LogP contribution in [0, 0.1) is 5.41 Å². The van der Waals surface area contributed by atoms with Gasteiger partial charge in [0, 0.05) is 20.6 Å². The monoisotopic (exact) mass is 744 g/mol. The smallest absolute Gasteiger partial charge is 0.408 e. The number of carbonyl (C=O) groups excluding carboxylic acids is 7. The number of benzene rings is 1. The van der Waals surface area contributed by atoms with Gasteiger partial charge in [0.25, 0.3) is 5.91 Å². The summed E-state index contributed by atoms with van der Waals surface area (Å²) in [5.41, 5.74) is -1.76. The van der Waals surface area contributed by atoms with E-state index in [0.717, 1.165) is 0 Å². The second-order valence-electron chi connectivity index (χ2n) is 16.5. The summed E-state index contributed by atoms with van der Waals surface area (Å²) in [7, 11) is 3.10. The van der Waals surface area contributed by atoms with Gasteiger partial charge in [-0.3, -0.25) is 28.8 Å². The first-order chi connectivity index (χ1) is 24.4. The van der Waals surface area contributed by atoms with E-state index < -0.39 is 88.9 Å². The average molecular weight is 745 g/mol. The van der Waals surface area contributed by atoms with Crippen LogP contribution in [0.4, 0.5) is 4.79 Å². The van der Waals surface area contributed by atoms with E-state index in [4.69, 9.17) is 9.47 Å². The zero-order valence-corrected chi connectivity index (χ0v) is 33.4. The molecule has 2 unspecified atom stereocenters. The first kappa shape index (κ1) is 44.6. The maximum atomic E-state index is 14.2. The molecule has 0 aromatic heterocycles. The molecule has 0 radical (unpaired) electrons. The maximum absolute atomic E-state index is 14.2. The van der Waals surface area contributed by atoms with Gasteiger partial charge in [-0.05, 0) is 65.4 Å². The highest BCUT2D eigenvalue weighted by atomic mass is 16.6. The van der Waals surface area contributed by atoms with Gasteiger partial charge in [-0.2, -0.15) is 0 Å². The molecule has 0 bridgehead atoms. The van der Waals surface area contributed by atoms with Crippen molar-refractivity contribution in [1.29, 1.82) is 0 Å². The molecule has 53 heavy (non-hydrogen) atoms. The molecule has 0 aliphatic carbocycles. The molecular formula is C38H60N6O9. The van der Waals surface area contributed by atoms with Crippen molar-refractivity contribution < 1.29 is 43.0 Å². The molecular weight excluding hydrogens is 684 g/mol. The number of hydrogen-bond acceptors (Lipinski definition) is 9. The third-order valence-corrected chi connectivity index (χ3v) is 8.14. The van der Waals surface area contributed by atoms with Crippen LogP contribution < -0.4 is 21.3 Å². The van der Waals surface area contributed by atoms with E-state index in [1.54, 1.807) is 92.9 Å². The molecule has 5 atom stereocenters. The van der Waals surface area contributed by atoms with E-state index in [1.807, 2.05) is 20.8 Å². The molecule has 1 fully saturated rings. The van der Waals surface area contributed by atoms with Crippen molar-refractivity contribution in [2.75, 3.05) is 27.2 Å². The highest BCUT2D eigenvalue weighted by Gasteiger charge is 2.48. The number of ketones is 1. The highest BCUT2D eigenvalue weighted by Crippen LogP contribution is 2.30. The third kappa shape index (κ3) is 13.8. The van der Waals surface area contributed by atoms with Gasteiger partial charge in [-0.15, -0.1) is 0 Å². The topological polar surface area (TPSA) is 193 Å². The zero-order valence-electron chi connectivity index (χ0n) is 33.4. The van der Waals surface area contributed by atoms with E-state index >= 15 is 0 Å². The predicted octanol–water partition coefficient (Wildman–Crippen LogP) is 2.63. The van der Waals surface area contributed by atoms with Gasteiger partial charge in [0.15, 0.2) is 0 Å². The standard InChI is InChI=1S/C38H60N6O9/c1-13-17-24(29(46)32(48)39-22-26(45)41-27(33(49)43(11)12)23-18-15-14-16-19-23)40-31(47)28-25(52-37(5,6)7)20-21-44(28)34(50)30(36(2,3)4)42-35(51)53-38(8,9)10/h14-16,18-19,24-25,27-28,30H,13,17,20-22H2,1-12H3,(H,39,48)(H,40,47)(H,41,45)(H,42,51)/t24?,25-,27?,28-,30+/m0/s1. The first-order valence-electron chi connectivity index (χ1n) is 18.0. The summed E-state index contributed by atoms with van der Waals surface area (Å²) < 4.78 is 11.6. The molecule has 1 saturated heterocycles. The minimum atomic E-state index is -1.28. The molecule has 15 heteroatoms. The van der Waals surface area contributed by atoms with Crippen LogP contribution in [0.1, 0.15) is 100 Å². The average Bonchev–Trinajstić information content (AvgIpc) is 3.44. The van der Waals surface area contributed by atoms with E-state index in [0.29, 0.717) is 18.4 Å². The number of ether oxygens (including phenoxy) is 2. The Morgan fingerprint density at radius 2 is 1.47 bits per heavy atom. The SMILES string of the molecule is CCCC(NC(=O)[C@@H]1[C@@H](OC(C)(C)C)CCN1C(=O)[C@@H](NC(=O)OC(C)(C)C)C(C)(C)C)C(=O)C(=O)NCC(=O)NC(C(=O)N(C)C)c1ccccc1. The summed E-state index contributed by atoms with van der Waals surface area (Å²) >= 11 is 0. The van der Waals surface area contributed by atoms with Gasteiger partial charge in [-0.1, -0.05) is 64.4 Å². The summed E-state index contributed by atoms with van der Waals surface area (Å²) in [6.07, 6.45) is -0.752. The molecule has 1 heterocycles. The molecule has 6 amide bonds. The Balaban J connectivity index is 2.28. The summed E-state index contributed by atoms with van der Waals surface area (Å²) in [6, 6.07) is 4.01. The number of alkyl carbamates (subject to hydrolysis) is 1. The molecule has 0 spiro atoms. The molecule has 1 aromatic rings. The minimum Gasteiger partial charge on any atom is -0.444 e. The summed E-state index contributed by atoms with van der Waals surface area (Å²) in [5, 5.41) is 10.3. The van der Waals surface area contributed by atoms with Crippen LogP contribution in [0.2, 0.25) is 0 Å².